The van der Waals surface area contributed by atoms with Gasteiger partial charge in [-0.3, -0.25) is 0 Å². The van der Waals surface area contributed by atoms with Crippen LogP contribution in [0.4, 0.5) is 0 Å². The molecular formula is C17H16BrN3O2S. The third-order valence-electron chi connectivity index (χ3n) is 3.65. The zero-order valence-electron chi connectivity index (χ0n) is 12.9. The summed E-state index contributed by atoms with van der Waals surface area (Å²) in [5, 5.41) is 0. The Morgan fingerprint density at radius 2 is 1.83 bits per heavy atom. The summed E-state index contributed by atoms with van der Waals surface area (Å²) < 4.78 is 30.2. The fourth-order valence-corrected chi connectivity index (χ4v) is 4.61. The van der Waals surface area contributed by atoms with E-state index in [4.69, 9.17) is 0 Å². The van der Waals surface area contributed by atoms with Gasteiger partial charge in [-0.05, 0) is 52.7 Å². The topological polar surface area (TPSA) is 64.0 Å². The van der Waals surface area contributed by atoms with Crippen LogP contribution < -0.4 is 4.72 Å². The highest BCUT2D eigenvalue weighted by atomic mass is 79.9. The van der Waals surface area contributed by atoms with Gasteiger partial charge < -0.3 is 4.57 Å². The molecule has 0 aliphatic carbocycles. The van der Waals surface area contributed by atoms with Gasteiger partial charge in [0.25, 0.3) is 0 Å². The average Bonchev–Trinajstić information content (AvgIpc) is 3.09. The van der Waals surface area contributed by atoms with Gasteiger partial charge in [-0.2, -0.15) is 0 Å². The van der Waals surface area contributed by atoms with Crippen LogP contribution in [-0.2, 0) is 10.0 Å². The fourth-order valence-electron chi connectivity index (χ4n) is 2.37. The summed E-state index contributed by atoms with van der Waals surface area (Å²) in [5.74, 6) is 0. The van der Waals surface area contributed by atoms with Crippen LogP contribution in [0.3, 0.4) is 0 Å². The van der Waals surface area contributed by atoms with Gasteiger partial charge in [0.2, 0.25) is 10.0 Å². The SMILES string of the molecule is CC(NS(=O)(=O)c1ccccc1Br)c1ccc(-n2ccnc2)cc1. The van der Waals surface area contributed by atoms with Gasteiger partial charge in [0.05, 0.1) is 11.2 Å². The van der Waals surface area contributed by atoms with E-state index < -0.39 is 10.0 Å². The summed E-state index contributed by atoms with van der Waals surface area (Å²) in [6.45, 7) is 1.82. The lowest BCUT2D eigenvalue weighted by Gasteiger charge is -2.16. The van der Waals surface area contributed by atoms with E-state index in [0.717, 1.165) is 11.3 Å². The molecule has 0 saturated carbocycles. The first-order chi connectivity index (χ1) is 11.5. The van der Waals surface area contributed by atoms with Crippen molar-refractivity contribution in [1.82, 2.24) is 14.3 Å². The highest BCUT2D eigenvalue weighted by Gasteiger charge is 2.20. The molecule has 7 heteroatoms. The Morgan fingerprint density at radius 1 is 1.12 bits per heavy atom. The number of imidazole rings is 1. The molecule has 0 fully saturated rings. The van der Waals surface area contributed by atoms with Crippen LogP contribution >= 0.6 is 15.9 Å². The zero-order valence-corrected chi connectivity index (χ0v) is 15.3. The van der Waals surface area contributed by atoms with E-state index in [1.165, 1.54) is 0 Å². The first-order valence-corrected chi connectivity index (χ1v) is 9.60. The first kappa shape index (κ1) is 16.9. The predicted octanol–water partition coefficient (Wildman–Crippen LogP) is 3.67. The van der Waals surface area contributed by atoms with Crippen molar-refractivity contribution in [3.63, 3.8) is 0 Å². The maximum atomic E-state index is 12.5. The predicted molar refractivity (Wildman–Crippen MR) is 96.4 cm³/mol. The Morgan fingerprint density at radius 3 is 2.46 bits per heavy atom. The lowest BCUT2D eigenvalue weighted by molar-refractivity contribution is 0.566. The van der Waals surface area contributed by atoms with Gasteiger partial charge in [-0.15, -0.1) is 0 Å². The largest absolute Gasteiger partial charge is 0.306 e. The Balaban J connectivity index is 1.80. The van der Waals surface area contributed by atoms with Crippen LogP contribution in [0.1, 0.15) is 18.5 Å². The van der Waals surface area contributed by atoms with Crippen LogP contribution in [0.15, 0.2) is 76.6 Å². The highest BCUT2D eigenvalue weighted by Crippen LogP contribution is 2.24. The molecule has 0 bridgehead atoms. The minimum atomic E-state index is -3.60. The molecule has 0 spiro atoms. The Hall–Kier alpha value is -1.96. The maximum absolute atomic E-state index is 12.5. The highest BCUT2D eigenvalue weighted by molar-refractivity contribution is 9.10. The van der Waals surface area contributed by atoms with Crippen molar-refractivity contribution in [3.05, 3.63) is 77.3 Å². The fraction of sp³-hybridized carbons (Fsp3) is 0.118. The molecule has 0 amide bonds. The van der Waals surface area contributed by atoms with Gasteiger partial charge in [0.1, 0.15) is 0 Å². The van der Waals surface area contributed by atoms with E-state index >= 15 is 0 Å². The van der Waals surface area contributed by atoms with Gasteiger partial charge in [0.15, 0.2) is 0 Å². The molecule has 3 rings (SSSR count). The van der Waals surface area contributed by atoms with E-state index in [2.05, 4.69) is 25.6 Å². The van der Waals surface area contributed by atoms with Crippen LogP contribution in [0, 0.1) is 0 Å². The van der Waals surface area contributed by atoms with Crippen LogP contribution in [0.25, 0.3) is 5.69 Å². The quantitative estimate of drug-likeness (QED) is 0.703. The number of nitrogens with one attached hydrogen (secondary N) is 1. The van der Waals surface area contributed by atoms with Crippen molar-refractivity contribution in [3.8, 4) is 5.69 Å². The van der Waals surface area contributed by atoms with E-state index in [-0.39, 0.29) is 10.9 Å². The minimum Gasteiger partial charge on any atom is -0.306 e. The van der Waals surface area contributed by atoms with Gasteiger partial charge in [0, 0.05) is 28.6 Å². The summed E-state index contributed by atoms with van der Waals surface area (Å²) in [6.07, 6.45) is 5.28. The lowest BCUT2D eigenvalue weighted by atomic mass is 10.1. The second-order valence-electron chi connectivity index (χ2n) is 5.33. The molecule has 0 aliphatic heterocycles. The molecule has 0 radical (unpaired) electrons. The normalized spacial score (nSPS) is 12.9. The van der Waals surface area contributed by atoms with Crippen molar-refractivity contribution in [2.45, 2.75) is 17.9 Å². The summed E-state index contributed by atoms with van der Waals surface area (Å²) in [6, 6.07) is 14.1. The number of hydrogen-bond donors (Lipinski definition) is 1. The van der Waals surface area contributed by atoms with Crippen LogP contribution in [-0.4, -0.2) is 18.0 Å². The molecule has 124 valence electrons. The number of halogens is 1. The smallest absolute Gasteiger partial charge is 0.242 e. The number of nitrogens with zero attached hydrogens (tertiary/aromatic N) is 2. The Labute approximate surface area is 149 Å². The molecule has 1 atom stereocenters. The summed E-state index contributed by atoms with van der Waals surface area (Å²) in [7, 11) is -3.60. The van der Waals surface area contributed by atoms with Crippen molar-refractivity contribution in [1.29, 1.82) is 0 Å². The van der Waals surface area contributed by atoms with Gasteiger partial charge >= 0.3 is 0 Å². The molecule has 1 heterocycles. The molecule has 24 heavy (non-hydrogen) atoms. The van der Waals surface area contributed by atoms with Crippen LogP contribution in [0.2, 0.25) is 0 Å². The van der Waals surface area contributed by atoms with E-state index in [0.29, 0.717) is 4.47 Å². The molecule has 0 saturated heterocycles. The third kappa shape index (κ3) is 3.58. The monoisotopic (exact) mass is 405 g/mol. The van der Waals surface area contributed by atoms with Crippen molar-refractivity contribution in [2.24, 2.45) is 0 Å². The molecule has 0 aliphatic rings. The number of sulfonamides is 1. The van der Waals surface area contributed by atoms with Gasteiger partial charge in [-0.1, -0.05) is 24.3 Å². The lowest BCUT2D eigenvalue weighted by Crippen LogP contribution is -2.27. The number of aromatic nitrogens is 2. The van der Waals surface area contributed by atoms with E-state index in [1.54, 1.807) is 36.8 Å². The number of rotatable bonds is 5. The summed E-state index contributed by atoms with van der Waals surface area (Å²) in [5.41, 5.74) is 1.85. The minimum absolute atomic E-state index is 0.229. The number of benzene rings is 2. The van der Waals surface area contributed by atoms with Crippen molar-refractivity contribution < 1.29 is 8.42 Å². The molecule has 2 aromatic carbocycles. The van der Waals surface area contributed by atoms with Crippen LogP contribution in [0.5, 0.6) is 0 Å². The zero-order chi connectivity index (χ0) is 17.2. The third-order valence-corrected chi connectivity index (χ3v) is 6.21. The Kier molecular flexibility index (Phi) is 4.84. The first-order valence-electron chi connectivity index (χ1n) is 7.32. The second-order valence-corrected chi connectivity index (χ2v) is 7.87. The molecular weight excluding hydrogens is 390 g/mol. The van der Waals surface area contributed by atoms with E-state index in [9.17, 15) is 8.42 Å². The van der Waals surface area contributed by atoms with Crippen molar-refractivity contribution in [2.75, 3.05) is 0 Å². The van der Waals surface area contributed by atoms with Crippen molar-refractivity contribution >= 4 is 26.0 Å². The summed E-state index contributed by atoms with van der Waals surface area (Å²) >= 11 is 3.28. The molecule has 3 aromatic rings. The van der Waals surface area contributed by atoms with Gasteiger partial charge in [-0.25, -0.2) is 18.1 Å². The van der Waals surface area contributed by atoms with E-state index in [1.807, 2.05) is 42.0 Å². The molecule has 1 N–H and O–H groups in total. The standard InChI is InChI=1S/C17H16BrN3O2S/c1-13(20-24(22,23)17-5-3-2-4-16(17)18)14-6-8-15(9-7-14)21-11-10-19-12-21/h2-13,20H,1H3. The molecule has 1 aromatic heterocycles. The number of hydrogen-bond acceptors (Lipinski definition) is 3. The summed E-state index contributed by atoms with van der Waals surface area (Å²) in [4.78, 5) is 4.24. The second kappa shape index (κ2) is 6.88. The molecule has 1 unspecified atom stereocenters. The average molecular weight is 406 g/mol. The Bertz CT molecular complexity index is 923. The molecule has 5 nitrogen and oxygen atoms in total. The maximum Gasteiger partial charge on any atom is 0.242 e.